The zero-order valence-corrected chi connectivity index (χ0v) is 17.7. The maximum atomic E-state index is 13.0. The molecule has 2 aromatic heterocycles. The van der Waals surface area contributed by atoms with Crippen molar-refractivity contribution in [2.75, 3.05) is 0 Å². The molecule has 6 heteroatoms. The molecule has 4 rings (SSSR count). The van der Waals surface area contributed by atoms with Crippen molar-refractivity contribution < 1.29 is 4.79 Å². The maximum Gasteiger partial charge on any atom is 0.275 e. The van der Waals surface area contributed by atoms with Crippen LogP contribution in [0, 0.1) is 0 Å². The van der Waals surface area contributed by atoms with Crippen LogP contribution in [0.25, 0.3) is 16.6 Å². The molecule has 0 aliphatic heterocycles. The molecule has 0 fully saturated rings. The van der Waals surface area contributed by atoms with Crippen LogP contribution in [0.4, 0.5) is 0 Å². The van der Waals surface area contributed by atoms with E-state index in [1.807, 2.05) is 78.2 Å². The Bertz CT molecular complexity index is 1230. The molecule has 4 aromatic rings. The van der Waals surface area contributed by atoms with E-state index in [1.165, 1.54) is 0 Å². The number of nitrogens with one attached hydrogen (secondary N) is 1. The van der Waals surface area contributed by atoms with E-state index >= 15 is 0 Å². The average Bonchev–Trinajstić information content (AvgIpc) is 3.21. The SMILES string of the molecule is C[C@@H](NC(=O)CCCn1c(=O)c2cccn2c2ccc(Br)cc21)c1ccccc1. The molecule has 5 nitrogen and oxygen atoms in total. The molecule has 0 spiro atoms. The number of hydrogen-bond acceptors (Lipinski definition) is 2. The molecule has 0 bridgehead atoms. The number of aromatic nitrogens is 2. The fourth-order valence-corrected chi connectivity index (χ4v) is 4.04. The van der Waals surface area contributed by atoms with Gasteiger partial charge in [-0.15, -0.1) is 0 Å². The van der Waals surface area contributed by atoms with Crippen LogP contribution in [0.15, 0.2) is 76.1 Å². The molecule has 1 N–H and O–H groups in total. The first-order valence-electron chi connectivity index (χ1n) is 9.68. The highest BCUT2D eigenvalue weighted by Crippen LogP contribution is 2.21. The minimum Gasteiger partial charge on any atom is -0.350 e. The Balaban J connectivity index is 1.51. The summed E-state index contributed by atoms with van der Waals surface area (Å²) in [7, 11) is 0. The van der Waals surface area contributed by atoms with E-state index in [9.17, 15) is 9.59 Å². The van der Waals surface area contributed by atoms with Crippen LogP contribution in [0.5, 0.6) is 0 Å². The molecule has 0 unspecified atom stereocenters. The highest BCUT2D eigenvalue weighted by molar-refractivity contribution is 9.10. The van der Waals surface area contributed by atoms with Crippen LogP contribution in [0.3, 0.4) is 0 Å². The van der Waals surface area contributed by atoms with Gasteiger partial charge in [-0.2, -0.15) is 0 Å². The van der Waals surface area contributed by atoms with E-state index < -0.39 is 0 Å². The zero-order chi connectivity index (χ0) is 20.4. The molecule has 0 aliphatic carbocycles. The van der Waals surface area contributed by atoms with Gasteiger partial charge in [0.25, 0.3) is 5.56 Å². The van der Waals surface area contributed by atoms with Crippen molar-refractivity contribution in [3.05, 3.63) is 87.3 Å². The average molecular weight is 452 g/mol. The van der Waals surface area contributed by atoms with Crippen molar-refractivity contribution in [2.45, 2.75) is 32.4 Å². The Labute approximate surface area is 177 Å². The second-order valence-electron chi connectivity index (χ2n) is 7.16. The Kier molecular flexibility index (Phi) is 5.53. The lowest BCUT2D eigenvalue weighted by atomic mass is 10.1. The molecule has 0 saturated heterocycles. The summed E-state index contributed by atoms with van der Waals surface area (Å²) in [5.41, 5.74) is 3.49. The fraction of sp³-hybridized carbons (Fsp3) is 0.217. The van der Waals surface area contributed by atoms with Crippen LogP contribution < -0.4 is 10.9 Å². The third-order valence-electron chi connectivity index (χ3n) is 5.16. The van der Waals surface area contributed by atoms with Gasteiger partial charge in [-0.05, 0) is 49.2 Å². The third-order valence-corrected chi connectivity index (χ3v) is 5.66. The molecule has 2 aromatic carbocycles. The first-order valence-corrected chi connectivity index (χ1v) is 10.5. The minimum absolute atomic E-state index is 0.0105. The second-order valence-corrected chi connectivity index (χ2v) is 8.07. The monoisotopic (exact) mass is 451 g/mol. The number of fused-ring (bicyclic) bond motifs is 3. The van der Waals surface area contributed by atoms with E-state index in [4.69, 9.17) is 0 Å². The van der Waals surface area contributed by atoms with Crippen LogP contribution in [0.2, 0.25) is 0 Å². The van der Waals surface area contributed by atoms with Gasteiger partial charge in [-0.3, -0.25) is 9.59 Å². The first-order chi connectivity index (χ1) is 14.0. The number of halogens is 1. The Morgan fingerprint density at radius 1 is 1.03 bits per heavy atom. The Hall–Kier alpha value is -2.86. The Morgan fingerprint density at radius 2 is 1.83 bits per heavy atom. The molecule has 0 saturated carbocycles. The summed E-state index contributed by atoms with van der Waals surface area (Å²) in [6.45, 7) is 2.46. The largest absolute Gasteiger partial charge is 0.350 e. The predicted octanol–water partition coefficient (Wildman–Crippen LogP) is 4.67. The number of carbonyl (C=O) groups is 1. The quantitative estimate of drug-likeness (QED) is 0.462. The fourth-order valence-electron chi connectivity index (χ4n) is 3.69. The number of hydrogen-bond donors (Lipinski definition) is 1. The predicted molar refractivity (Wildman–Crippen MR) is 119 cm³/mol. The maximum absolute atomic E-state index is 13.0. The van der Waals surface area contributed by atoms with Crippen molar-refractivity contribution in [3.8, 4) is 0 Å². The number of nitrogens with zero attached hydrogens (tertiary/aromatic N) is 2. The van der Waals surface area contributed by atoms with Gasteiger partial charge in [0.05, 0.1) is 17.1 Å². The van der Waals surface area contributed by atoms with Gasteiger partial charge in [0.1, 0.15) is 5.52 Å². The van der Waals surface area contributed by atoms with Crippen molar-refractivity contribution in [2.24, 2.45) is 0 Å². The lowest BCUT2D eigenvalue weighted by Gasteiger charge is -2.15. The lowest BCUT2D eigenvalue weighted by molar-refractivity contribution is -0.121. The van der Waals surface area contributed by atoms with Crippen molar-refractivity contribution >= 4 is 38.4 Å². The highest BCUT2D eigenvalue weighted by atomic mass is 79.9. The summed E-state index contributed by atoms with van der Waals surface area (Å²) in [5, 5.41) is 3.03. The number of carbonyl (C=O) groups excluding carboxylic acids is 1. The lowest BCUT2D eigenvalue weighted by Crippen LogP contribution is -2.27. The minimum atomic E-state index is -0.0429. The summed E-state index contributed by atoms with van der Waals surface area (Å²) in [5.74, 6) is -0.0105. The van der Waals surface area contributed by atoms with E-state index in [1.54, 1.807) is 4.57 Å². The van der Waals surface area contributed by atoms with Crippen LogP contribution in [-0.4, -0.2) is 14.9 Å². The summed E-state index contributed by atoms with van der Waals surface area (Å²) >= 11 is 3.50. The van der Waals surface area contributed by atoms with Crippen LogP contribution in [0.1, 0.15) is 31.4 Å². The zero-order valence-electron chi connectivity index (χ0n) is 16.1. The molecule has 1 amide bonds. The topological polar surface area (TPSA) is 55.5 Å². The molecule has 0 aliphatic rings. The number of rotatable bonds is 6. The first kappa shape index (κ1) is 19.5. The standard InChI is InChI=1S/C23H22BrN3O2/c1-16(17-7-3-2-4-8-17)25-22(28)10-6-14-27-21-15-18(24)11-12-19(21)26-13-5-9-20(26)23(27)29/h2-5,7-9,11-13,15-16H,6,10,14H2,1H3,(H,25,28)/t16-/m1/s1. The summed E-state index contributed by atoms with van der Waals surface area (Å²) in [6, 6.07) is 19.5. The highest BCUT2D eigenvalue weighted by Gasteiger charge is 2.13. The van der Waals surface area contributed by atoms with Gasteiger partial charge in [-0.25, -0.2) is 0 Å². The number of amides is 1. The third kappa shape index (κ3) is 3.98. The van der Waals surface area contributed by atoms with E-state index in [-0.39, 0.29) is 17.5 Å². The molecule has 0 radical (unpaired) electrons. The molecule has 148 valence electrons. The molecule has 29 heavy (non-hydrogen) atoms. The summed E-state index contributed by atoms with van der Waals surface area (Å²) in [4.78, 5) is 25.4. The van der Waals surface area contributed by atoms with Gasteiger partial charge in [0.15, 0.2) is 0 Å². The van der Waals surface area contributed by atoms with E-state index in [0.29, 0.717) is 24.9 Å². The molecular weight excluding hydrogens is 430 g/mol. The number of benzene rings is 2. The molecular formula is C23H22BrN3O2. The van der Waals surface area contributed by atoms with Gasteiger partial charge in [0.2, 0.25) is 5.91 Å². The van der Waals surface area contributed by atoms with Crippen molar-refractivity contribution in [3.63, 3.8) is 0 Å². The summed E-state index contributed by atoms with van der Waals surface area (Å²) < 4.78 is 4.59. The van der Waals surface area contributed by atoms with Crippen molar-refractivity contribution in [1.82, 2.24) is 14.3 Å². The van der Waals surface area contributed by atoms with Gasteiger partial charge < -0.3 is 14.3 Å². The number of aryl methyl sites for hydroxylation is 1. The molecule has 1 atom stereocenters. The van der Waals surface area contributed by atoms with E-state index in [0.717, 1.165) is 21.1 Å². The van der Waals surface area contributed by atoms with Crippen LogP contribution >= 0.6 is 15.9 Å². The van der Waals surface area contributed by atoms with Gasteiger partial charge >= 0.3 is 0 Å². The van der Waals surface area contributed by atoms with Gasteiger partial charge in [0, 0.05) is 23.6 Å². The van der Waals surface area contributed by atoms with Gasteiger partial charge in [-0.1, -0.05) is 46.3 Å². The van der Waals surface area contributed by atoms with E-state index in [2.05, 4.69) is 21.2 Å². The Morgan fingerprint density at radius 3 is 2.62 bits per heavy atom. The second kappa shape index (κ2) is 8.25. The van der Waals surface area contributed by atoms with Crippen LogP contribution in [-0.2, 0) is 11.3 Å². The molecule has 2 heterocycles. The van der Waals surface area contributed by atoms with Crippen molar-refractivity contribution in [1.29, 1.82) is 0 Å². The summed E-state index contributed by atoms with van der Waals surface area (Å²) in [6.07, 6.45) is 2.85. The normalized spacial score (nSPS) is 12.3. The smallest absolute Gasteiger partial charge is 0.275 e.